The molecule has 0 nitrogen and oxygen atoms in total. The van der Waals surface area contributed by atoms with Crippen LogP contribution in [0.15, 0.2) is 72.8 Å². The van der Waals surface area contributed by atoms with E-state index in [1.165, 1.54) is 11.1 Å². The van der Waals surface area contributed by atoms with Crippen molar-refractivity contribution < 1.29 is 0 Å². The third-order valence-corrected chi connectivity index (χ3v) is 7.45. The molecule has 3 rings (SSSR count). The molecular formula is C16H14Ca. The first-order valence-electron chi connectivity index (χ1n) is 6.22. The molecule has 0 radical (unpaired) electrons. The van der Waals surface area contributed by atoms with Gasteiger partial charge in [-0.15, -0.1) is 0 Å². The summed E-state index contributed by atoms with van der Waals surface area (Å²) >= 11 is -0.605. The molecule has 0 aromatic heterocycles. The SMILES string of the molecule is C1=C[CH](c2ccccc2)[Ca][CH]1c1ccccc1. The van der Waals surface area contributed by atoms with E-state index in [9.17, 15) is 0 Å². The molecular weight excluding hydrogens is 232 g/mol. The van der Waals surface area contributed by atoms with Gasteiger partial charge < -0.3 is 0 Å². The van der Waals surface area contributed by atoms with Crippen molar-refractivity contribution in [1.29, 1.82) is 0 Å². The number of hydrogen-bond donors (Lipinski definition) is 0. The van der Waals surface area contributed by atoms with E-state index in [-0.39, 0.29) is 0 Å². The maximum absolute atomic E-state index is 2.44. The van der Waals surface area contributed by atoms with Crippen LogP contribution in [0.3, 0.4) is 0 Å². The van der Waals surface area contributed by atoms with Gasteiger partial charge in [0.25, 0.3) is 0 Å². The van der Waals surface area contributed by atoms with E-state index < -0.39 is 33.8 Å². The summed E-state index contributed by atoms with van der Waals surface area (Å²) in [5, 5.41) is 0. The standard InChI is InChI=1S/C16H14.Ca/c1-3-9-15(10-4-1)13-7-8-14-16-11-5-2-6-12-16;/h1-14H;. The van der Waals surface area contributed by atoms with Gasteiger partial charge in [0.2, 0.25) is 0 Å². The second-order valence-electron chi connectivity index (χ2n) is 4.65. The van der Waals surface area contributed by atoms with Crippen LogP contribution in [0.25, 0.3) is 0 Å². The molecule has 0 bridgehead atoms. The second kappa shape index (κ2) is 5.39. The zero-order valence-corrected chi connectivity index (χ0v) is 12.0. The molecule has 0 saturated heterocycles. The van der Waals surface area contributed by atoms with Gasteiger partial charge in [0.05, 0.1) is 0 Å². The first-order valence-corrected chi connectivity index (χ1v) is 8.77. The molecule has 2 aromatic carbocycles. The molecule has 0 aliphatic carbocycles. The van der Waals surface area contributed by atoms with Gasteiger partial charge >= 0.3 is 122 Å². The van der Waals surface area contributed by atoms with E-state index in [0.29, 0.717) is 0 Å². The Morgan fingerprint density at radius 2 is 1.00 bits per heavy atom. The van der Waals surface area contributed by atoms with Crippen LogP contribution in [0.4, 0.5) is 0 Å². The van der Waals surface area contributed by atoms with Crippen molar-refractivity contribution >= 4 is 33.8 Å². The number of hydrogen-bond acceptors (Lipinski definition) is 0. The van der Waals surface area contributed by atoms with Gasteiger partial charge in [-0.1, -0.05) is 0 Å². The van der Waals surface area contributed by atoms with Crippen molar-refractivity contribution in [2.45, 2.75) is 4.03 Å². The molecule has 80 valence electrons. The molecule has 2 atom stereocenters. The van der Waals surface area contributed by atoms with E-state index in [1.807, 2.05) is 0 Å². The minimum absolute atomic E-state index is 0.605. The second-order valence-corrected chi connectivity index (χ2v) is 8.14. The monoisotopic (exact) mass is 246 g/mol. The van der Waals surface area contributed by atoms with Gasteiger partial charge in [-0.2, -0.15) is 0 Å². The van der Waals surface area contributed by atoms with Gasteiger partial charge in [0, 0.05) is 0 Å². The summed E-state index contributed by atoms with van der Waals surface area (Å²) in [6, 6.07) is 21.9. The Morgan fingerprint density at radius 3 is 1.41 bits per heavy atom. The summed E-state index contributed by atoms with van der Waals surface area (Å²) in [4.78, 5) is 0. The van der Waals surface area contributed by atoms with Crippen LogP contribution in [0, 0.1) is 0 Å². The number of rotatable bonds is 2. The van der Waals surface area contributed by atoms with Crippen LogP contribution in [0.2, 0.25) is 0 Å². The van der Waals surface area contributed by atoms with Crippen molar-refractivity contribution in [3.8, 4) is 0 Å². The third-order valence-electron chi connectivity index (χ3n) is 3.54. The van der Waals surface area contributed by atoms with Crippen molar-refractivity contribution in [2.75, 3.05) is 0 Å². The van der Waals surface area contributed by atoms with Crippen molar-refractivity contribution in [1.82, 2.24) is 0 Å². The third kappa shape index (κ3) is 2.65. The van der Waals surface area contributed by atoms with Crippen LogP contribution in [0.1, 0.15) is 15.2 Å². The van der Waals surface area contributed by atoms with E-state index in [0.717, 1.165) is 4.03 Å². The van der Waals surface area contributed by atoms with Gasteiger partial charge in [0.1, 0.15) is 0 Å². The summed E-state index contributed by atoms with van der Waals surface area (Å²) in [5.74, 6) is 0. The molecule has 17 heavy (non-hydrogen) atoms. The molecule has 1 aliphatic heterocycles. The summed E-state index contributed by atoms with van der Waals surface area (Å²) in [7, 11) is 0. The fraction of sp³-hybridized carbons (Fsp3) is 0.125. The van der Waals surface area contributed by atoms with Crippen molar-refractivity contribution in [2.24, 2.45) is 0 Å². The Labute approximate surface area is 121 Å². The van der Waals surface area contributed by atoms with Gasteiger partial charge in [0.15, 0.2) is 0 Å². The molecule has 1 heteroatoms. The van der Waals surface area contributed by atoms with Crippen molar-refractivity contribution in [3.05, 3.63) is 83.9 Å². The molecule has 1 aliphatic rings. The van der Waals surface area contributed by atoms with Crippen molar-refractivity contribution in [3.63, 3.8) is 0 Å². The Kier molecular flexibility index (Phi) is 3.65. The predicted molar refractivity (Wildman–Crippen MR) is 73.3 cm³/mol. The zero-order chi connectivity index (χ0) is 11.5. The molecule has 0 fully saturated rings. The van der Waals surface area contributed by atoms with E-state index in [2.05, 4.69) is 72.8 Å². The van der Waals surface area contributed by atoms with E-state index in [4.69, 9.17) is 0 Å². The van der Waals surface area contributed by atoms with E-state index in [1.54, 1.807) is 0 Å². The van der Waals surface area contributed by atoms with Crippen LogP contribution in [-0.2, 0) is 0 Å². The molecule has 2 aromatic rings. The molecule has 2 unspecified atom stereocenters. The zero-order valence-electron chi connectivity index (χ0n) is 9.79. The summed E-state index contributed by atoms with van der Waals surface area (Å²) < 4.78 is 1.54. The minimum atomic E-state index is -0.605. The van der Waals surface area contributed by atoms with Gasteiger partial charge in [-0.25, -0.2) is 0 Å². The van der Waals surface area contributed by atoms with E-state index >= 15 is 0 Å². The first kappa shape index (κ1) is 11.5. The van der Waals surface area contributed by atoms with Gasteiger partial charge in [-0.3, -0.25) is 0 Å². The Balaban J connectivity index is 1.78. The summed E-state index contributed by atoms with van der Waals surface area (Å²) in [5.41, 5.74) is 3.03. The topological polar surface area (TPSA) is 0 Å². The van der Waals surface area contributed by atoms with Crippen LogP contribution in [-0.4, -0.2) is 33.8 Å². The first-order chi connectivity index (χ1) is 8.43. The van der Waals surface area contributed by atoms with Gasteiger partial charge in [-0.05, 0) is 0 Å². The Bertz CT molecular complexity index is 454. The van der Waals surface area contributed by atoms with Crippen LogP contribution < -0.4 is 0 Å². The van der Waals surface area contributed by atoms with Crippen LogP contribution >= 0.6 is 0 Å². The normalized spacial score (nSPS) is 21.9. The van der Waals surface area contributed by atoms with Crippen LogP contribution in [0.5, 0.6) is 0 Å². The molecule has 1 heterocycles. The average molecular weight is 246 g/mol. The number of benzene rings is 2. The number of allylic oxidation sites excluding steroid dienone is 2. The Hall–Kier alpha value is -0.560. The molecule has 0 spiro atoms. The average Bonchev–Trinajstić information content (AvgIpc) is 2.90. The predicted octanol–water partition coefficient (Wildman–Crippen LogP) is 3.74. The Morgan fingerprint density at radius 1 is 0.588 bits per heavy atom. The quantitative estimate of drug-likeness (QED) is 0.559. The summed E-state index contributed by atoms with van der Waals surface area (Å²) in [6.45, 7) is 0. The fourth-order valence-corrected chi connectivity index (χ4v) is 6.13. The molecule has 0 N–H and O–H groups in total. The fourth-order valence-electron chi connectivity index (χ4n) is 2.59. The summed E-state index contributed by atoms with van der Waals surface area (Å²) in [6.07, 6.45) is 4.88. The molecule has 0 saturated carbocycles. The molecule has 0 amide bonds. The maximum atomic E-state index is 2.44.